The molecule has 0 aliphatic carbocycles. The number of aromatic nitrogens is 3. The van der Waals surface area contributed by atoms with Crippen molar-refractivity contribution in [3.05, 3.63) is 23.4 Å². The molecule has 0 aliphatic rings. The molecule has 0 spiro atoms. The van der Waals surface area contributed by atoms with Crippen molar-refractivity contribution in [1.82, 2.24) is 19.5 Å². The van der Waals surface area contributed by atoms with Crippen LogP contribution in [0, 0.1) is 5.21 Å². The van der Waals surface area contributed by atoms with Crippen LogP contribution in [0.4, 0.5) is 0 Å². The van der Waals surface area contributed by atoms with Gasteiger partial charge in [-0.05, 0) is 23.9 Å². The molecule has 120 valence electrons. The van der Waals surface area contributed by atoms with Crippen LogP contribution in [0.3, 0.4) is 0 Å². The molecule has 1 heterocycles. The highest BCUT2D eigenvalue weighted by Gasteiger charge is 2.27. The van der Waals surface area contributed by atoms with Crippen LogP contribution in [0.1, 0.15) is 0 Å². The van der Waals surface area contributed by atoms with Crippen molar-refractivity contribution in [2.75, 3.05) is 35.2 Å². The van der Waals surface area contributed by atoms with Gasteiger partial charge in [-0.25, -0.2) is 13.1 Å². The highest BCUT2D eigenvalue weighted by Crippen LogP contribution is 2.16. The van der Waals surface area contributed by atoms with E-state index in [2.05, 4.69) is 9.94 Å². The Balaban J connectivity index is 2.82. The minimum Gasteiger partial charge on any atom is -0.691 e. The molecule has 0 aliphatic heterocycles. The lowest BCUT2D eigenvalue weighted by molar-refractivity contribution is -0.645. The van der Waals surface area contributed by atoms with Crippen LogP contribution >= 0.6 is 0 Å². The van der Waals surface area contributed by atoms with E-state index in [1.165, 1.54) is 29.9 Å². The Morgan fingerprint density at radius 3 is 2.55 bits per heavy atom. The van der Waals surface area contributed by atoms with Crippen LogP contribution in [0.15, 0.2) is 23.1 Å². The van der Waals surface area contributed by atoms with Gasteiger partial charge in [0.1, 0.15) is 5.21 Å². The second-order valence-electron chi connectivity index (χ2n) is 5.12. The molecule has 0 saturated carbocycles. The van der Waals surface area contributed by atoms with Crippen molar-refractivity contribution in [1.29, 1.82) is 0 Å². The van der Waals surface area contributed by atoms with Crippen LogP contribution in [0.25, 0.3) is 11.0 Å². The first kappa shape index (κ1) is 16.2. The predicted octanol–water partition coefficient (Wildman–Crippen LogP) is -1.38. The number of nitrogens with one attached hydrogen (secondary N) is 1. The standard InChI is InChI=1S/C12H19N6O3S/c1-13-22(20,21)9-6-7-10-11(8-9)17(14-18(10)19)12(15(2)3)16(4)5/h6-8,13H,1-5H3/q+1. The maximum atomic E-state index is 11.9. The molecule has 1 aromatic heterocycles. The van der Waals surface area contributed by atoms with E-state index < -0.39 is 10.0 Å². The number of fused-ring (bicyclic) bond motifs is 1. The van der Waals surface area contributed by atoms with E-state index in [0.29, 0.717) is 16.3 Å². The molecule has 2 rings (SSSR count). The summed E-state index contributed by atoms with van der Waals surface area (Å²) in [7, 11) is 4.98. The molecule has 0 atom stereocenters. The van der Waals surface area contributed by atoms with Gasteiger partial charge in [0.25, 0.3) is 0 Å². The second kappa shape index (κ2) is 5.54. The Morgan fingerprint density at radius 2 is 2.05 bits per heavy atom. The van der Waals surface area contributed by atoms with Crippen LogP contribution in [0.5, 0.6) is 0 Å². The molecule has 0 amide bonds. The molecule has 0 fully saturated rings. The van der Waals surface area contributed by atoms with Gasteiger partial charge in [-0.2, -0.15) is 0 Å². The average molecular weight is 327 g/mol. The summed E-state index contributed by atoms with van der Waals surface area (Å²) >= 11 is 0. The van der Waals surface area contributed by atoms with Gasteiger partial charge in [0, 0.05) is 6.07 Å². The molecule has 9 nitrogen and oxygen atoms in total. The van der Waals surface area contributed by atoms with E-state index in [1.807, 2.05) is 28.2 Å². The largest absolute Gasteiger partial charge is 0.691 e. The van der Waals surface area contributed by atoms with E-state index in [1.54, 1.807) is 9.48 Å². The summed E-state index contributed by atoms with van der Waals surface area (Å²) in [4.78, 5) is 2.32. The smallest absolute Gasteiger partial charge is 0.412 e. The van der Waals surface area contributed by atoms with Crippen molar-refractivity contribution in [3.8, 4) is 0 Å². The number of nitrogens with zero attached hydrogens (tertiary/aromatic N) is 5. The highest BCUT2D eigenvalue weighted by molar-refractivity contribution is 7.89. The third-order valence-electron chi connectivity index (χ3n) is 3.12. The fourth-order valence-electron chi connectivity index (χ4n) is 2.22. The molecular formula is C12H19N6O3S+. The van der Waals surface area contributed by atoms with Crippen LogP contribution in [0.2, 0.25) is 0 Å². The topological polar surface area (TPSA) is 97.2 Å². The Bertz CT molecular complexity index is 849. The third-order valence-corrected chi connectivity index (χ3v) is 4.53. The fraction of sp³-hybridized carbons (Fsp3) is 0.417. The first-order valence-electron chi connectivity index (χ1n) is 6.47. The average Bonchev–Trinajstić information content (AvgIpc) is 2.75. The molecular weight excluding hydrogens is 308 g/mol. The molecule has 2 aromatic rings. The van der Waals surface area contributed by atoms with Crippen molar-refractivity contribution in [3.63, 3.8) is 0 Å². The summed E-state index contributed by atoms with van der Waals surface area (Å²) in [6, 6.07) is 4.24. The van der Waals surface area contributed by atoms with Crippen molar-refractivity contribution in [2.45, 2.75) is 4.90 Å². The quantitative estimate of drug-likeness (QED) is 0.317. The Morgan fingerprint density at radius 1 is 1.41 bits per heavy atom. The Kier molecular flexibility index (Phi) is 4.07. The zero-order chi connectivity index (χ0) is 16.7. The van der Waals surface area contributed by atoms with Gasteiger partial charge >= 0.3 is 5.96 Å². The molecule has 0 unspecified atom stereocenters. The maximum absolute atomic E-state index is 11.9. The van der Waals surface area contributed by atoms with E-state index in [9.17, 15) is 13.6 Å². The highest BCUT2D eigenvalue weighted by atomic mass is 32.2. The van der Waals surface area contributed by atoms with E-state index in [-0.39, 0.29) is 10.4 Å². The van der Waals surface area contributed by atoms with Gasteiger partial charge in [0.2, 0.25) is 21.1 Å². The predicted molar refractivity (Wildman–Crippen MR) is 81.1 cm³/mol. The molecule has 1 N–H and O–H groups in total. The van der Waals surface area contributed by atoms with Gasteiger partial charge in [0.05, 0.1) is 33.1 Å². The van der Waals surface area contributed by atoms with E-state index >= 15 is 0 Å². The number of hydrogen-bond acceptors (Lipinski definition) is 4. The van der Waals surface area contributed by atoms with Crippen molar-refractivity contribution >= 4 is 27.0 Å². The fourth-order valence-corrected chi connectivity index (χ4v) is 2.97. The van der Waals surface area contributed by atoms with E-state index in [4.69, 9.17) is 0 Å². The zero-order valence-corrected chi connectivity index (χ0v) is 13.9. The molecule has 22 heavy (non-hydrogen) atoms. The minimum absolute atomic E-state index is 0.0705. The molecule has 0 bridgehead atoms. The summed E-state index contributed by atoms with van der Waals surface area (Å²) < 4.78 is 29.3. The lowest BCUT2D eigenvalue weighted by atomic mass is 10.3. The molecule has 10 heteroatoms. The maximum Gasteiger partial charge on any atom is 0.412 e. The van der Waals surface area contributed by atoms with Crippen molar-refractivity contribution in [2.24, 2.45) is 0 Å². The molecule has 1 aromatic carbocycles. The third kappa shape index (κ3) is 2.62. The number of benzene rings is 1. The number of hydrogen-bond donors (Lipinski definition) is 1. The van der Waals surface area contributed by atoms with Crippen LogP contribution in [-0.2, 0) is 10.0 Å². The normalized spacial score (nSPS) is 11.7. The number of rotatable bonds is 2. The lowest BCUT2D eigenvalue weighted by Gasteiger charge is -2.08. The first-order chi connectivity index (χ1) is 10.2. The Labute approximate surface area is 128 Å². The summed E-state index contributed by atoms with van der Waals surface area (Å²) in [5.41, 5.74) is 0.694. The first-order valence-corrected chi connectivity index (χ1v) is 7.95. The van der Waals surface area contributed by atoms with E-state index in [0.717, 1.165) is 0 Å². The van der Waals surface area contributed by atoms with Gasteiger partial charge < -0.3 is 5.21 Å². The van der Waals surface area contributed by atoms with Gasteiger partial charge in [-0.3, -0.25) is 9.48 Å². The summed E-state index contributed by atoms with van der Waals surface area (Å²) in [6.45, 7) is 0. The van der Waals surface area contributed by atoms with Gasteiger partial charge in [0.15, 0.2) is 0 Å². The van der Waals surface area contributed by atoms with Gasteiger partial charge in [-0.15, -0.1) is 4.85 Å². The summed E-state index contributed by atoms with van der Waals surface area (Å²) in [5, 5.41) is 15.9. The lowest BCUT2D eigenvalue weighted by Crippen LogP contribution is -2.39. The second-order valence-corrected chi connectivity index (χ2v) is 7.01. The van der Waals surface area contributed by atoms with Crippen LogP contribution in [-0.4, -0.2) is 69.0 Å². The SMILES string of the molecule is CNS(=O)(=O)c1ccc2c(c1)n(C(N(C)C)=[N+](C)C)n[n+]2[O-]. The minimum atomic E-state index is -3.60. The monoisotopic (exact) mass is 327 g/mol. The van der Waals surface area contributed by atoms with Gasteiger partial charge in [-0.1, -0.05) is 0 Å². The Hall–Kier alpha value is -2.20. The summed E-state index contributed by atoms with van der Waals surface area (Å²) in [6.07, 6.45) is 0. The molecule has 0 radical (unpaired) electrons. The van der Waals surface area contributed by atoms with Crippen molar-refractivity contribution < 1.29 is 17.8 Å². The van der Waals surface area contributed by atoms with Crippen LogP contribution < -0.4 is 9.57 Å². The molecule has 0 saturated heterocycles. The summed E-state index contributed by atoms with van der Waals surface area (Å²) in [5.74, 6) is 0.624. The zero-order valence-electron chi connectivity index (χ0n) is 13.1. The number of sulfonamides is 1.